The summed E-state index contributed by atoms with van der Waals surface area (Å²) in [6.07, 6.45) is 0.585. The van der Waals surface area contributed by atoms with Crippen LogP contribution in [0.25, 0.3) is 0 Å². The van der Waals surface area contributed by atoms with Gasteiger partial charge in [-0.15, -0.1) is 0 Å². The van der Waals surface area contributed by atoms with Crippen LogP contribution in [0.4, 0.5) is 4.79 Å². The number of rotatable bonds is 5. The molecular weight excluding hydrogens is 290 g/mol. The van der Waals surface area contributed by atoms with Crippen LogP contribution in [0, 0.1) is 11.8 Å². The van der Waals surface area contributed by atoms with Crippen LogP contribution in [-0.4, -0.2) is 24.9 Å². The summed E-state index contributed by atoms with van der Waals surface area (Å²) in [7, 11) is 1.63. The smallest absolute Gasteiger partial charge is 0.404 e. The molecule has 0 aliphatic rings. The molecule has 23 heavy (non-hydrogen) atoms. The fourth-order valence-corrected chi connectivity index (χ4v) is 2.18. The number of nitrogens with one attached hydrogen (secondary N) is 1. The standard InChI is InChI=1S/C19H19NO3/c1-23-18-10-3-2-9-17(18)12-11-16-7-4-6-15(14-16)8-5-13-20-19(21)22/h2-4,6-7,9-10,14,20H,5,8,13H2,1H3,(H,21,22). The normalized spacial score (nSPS) is 9.61. The van der Waals surface area contributed by atoms with Crippen LogP contribution in [0.3, 0.4) is 0 Å². The van der Waals surface area contributed by atoms with Gasteiger partial charge in [-0.1, -0.05) is 36.1 Å². The summed E-state index contributed by atoms with van der Waals surface area (Å²) in [5, 5.41) is 10.9. The summed E-state index contributed by atoms with van der Waals surface area (Å²) in [6, 6.07) is 15.6. The van der Waals surface area contributed by atoms with E-state index >= 15 is 0 Å². The first-order chi connectivity index (χ1) is 11.2. The largest absolute Gasteiger partial charge is 0.495 e. The van der Waals surface area contributed by atoms with E-state index < -0.39 is 6.09 Å². The number of amides is 1. The number of methoxy groups -OCH3 is 1. The fraction of sp³-hybridized carbons (Fsp3) is 0.211. The minimum Gasteiger partial charge on any atom is -0.495 e. The lowest BCUT2D eigenvalue weighted by atomic mass is 10.1. The van der Waals surface area contributed by atoms with E-state index in [-0.39, 0.29) is 0 Å². The Labute approximate surface area is 136 Å². The summed E-state index contributed by atoms with van der Waals surface area (Å²) in [6.45, 7) is 0.451. The third-order valence-electron chi connectivity index (χ3n) is 3.29. The van der Waals surface area contributed by atoms with E-state index in [1.165, 1.54) is 0 Å². The molecule has 4 heteroatoms. The number of hydrogen-bond donors (Lipinski definition) is 2. The van der Waals surface area contributed by atoms with Gasteiger partial charge in [0.1, 0.15) is 5.75 Å². The Balaban J connectivity index is 2.03. The molecule has 2 aromatic carbocycles. The van der Waals surface area contributed by atoms with Crippen LogP contribution in [0.1, 0.15) is 23.1 Å². The molecule has 0 saturated heterocycles. The third kappa shape index (κ3) is 5.40. The molecule has 118 valence electrons. The quantitative estimate of drug-likeness (QED) is 0.658. The molecule has 0 spiro atoms. The number of hydrogen-bond acceptors (Lipinski definition) is 2. The SMILES string of the molecule is COc1ccccc1C#Cc1cccc(CCCNC(=O)O)c1. The lowest BCUT2D eigenvalue weighted by Gasteiger charge is -2.03. The van der Waals surface area contributed by atoms with Crippen molar-refractivity contribution in [1.29, 1.82) is 0 Å². The molecule has 0 unspecified atom stereocenters. The van der Waals surface area contributed by atoms with Gasteiger partial charge in [-0.05, 0) is 42.7 Å². The second kappa shape index (κ2) is 8.50. The highest BCUT2D eigenvalue weighted by Gasteiger charge is 1.98. The van der Waals surface area contributed by atoms with Crippen LogP contribution >= 0.6 is 0 Å². The van der Waals surface area contributed by atoms with Crippen molar-refractivity contribution in [2.24, 2.45) is 0 Å². The predicted octanol–water partition coefficient (Wildman–Crippen LogP) is 3.30. The number of aryl methyl sites for hydroxylation is 1. The molecule has 0 fully saturated rings. The lowest BCUT2D eigenvalue weighted by molar-refractivity contribution is 0.194. The first kappa shape index (κ1) is 16.4. The van der Waals surface area contributed by atoms with E-state index in [0.29, 0.717) is 6.54 Å². The van der Waals surface area contributed by atoms with E-state index in [9.17, 15) is 4.79 Å². The van der Waals surface area contributed by atoms with Crippen molar-refractivity contribution in [2.75, 3.05) is 13.7 Å². The zero-order valence-corrected chi connectivity index (χ0v) is 13.0. The summed E-state index contributed by atoms with van der Waals surface area (Å²) >= 11 is 0. The molecule has 2 aromatic rings. The maximum atomic E-state index is 10.4. The topological polar surface area (TPSA) is 58.6 Å². The number of carbonyl (C=O) groups is 1. The highest BCUT2D eigenvalue weighted by atomic mass is 16.5. The van der Waals surface area contributed by atoms with Crippen LogP contribution in [0.2, 0.25) is 0 Å². The molecule has 4 nitrogen and oxygen atoms in total. The van der Waals surface area contributed by atoms with Crippen molar-refractivity contribution in [3.05, 3.63) is 65.2 Å². The Morgan fingerprint density at radius 2 is 2.00 bits per heavy atom. The first-order valence-corrected chi connectivity index (χ1v) is 7.40. The molecule has 0 atom stereocenters. The molecule has 0 bridgehead atoms. The summed E-state index contributed by atoms with van der Waals surface area (Å²) in [5.41, 5.74) is 2.93. The molecule has 2 N–H and O–H groups in total. The van der Waals surface area contributed by atoms with Crippen LogP contribution in [0.5, 0.6) is 5.75 Å². The molecule has 0 aliphatic heterocycles. The Morgan fingerprint density at radius 3 is 2.78 bits per heavy atom. The van der Waals surface area contributed by atoms with Gasteiger partial charge in [0, 0.05) is 12.1 Å². The molecule has 0 saturated carbocycles. The van der Waals surface area contributed by atoms with Gasteiger partial charge in [-0.2, -0.15) is 0 Å². The average molecular weight is 309 g/mol. The van der Waals surface area contributed by atoms with Gasteiger partial charge in [0.2, 0.25) is 0 Å². The Bertz CT molecular complexity index is 729. The maximum absolute atomic E-state index is 10.4. The zero-order valence-electron chi connectivity index (χ0n) is 13.0. The first-order valence-electron chi connectivity index (χ1n) is 7.40. The zero-order chi connectivity index (χ0) is 16.5. The number of ether oxygens (including phenoxy) is 1. The van der Waals surface area contributed by atoms with Crippen molar-refractivity contribution in [3.63, 3.8) is 0 Å². The number of benzene rings is 2. The van der Waals surface area contributed by atoms with Gasteiger partial charge in [0.15, 0.2) is 0 Å². The second-order valence-corrected chi connectivity index (χ2v) is 4.99. The summed E-state index contributed by atoms with van der Waals surface area (Å²) in [4.78, 5) is 10.4. The molecule has 1 amide bonds. The van der Waals surface area contributed by atoms with Gasteiger partial charge >= 0.3 is 6.09 Å². The number of carboxylic acid groups (broad SMARTS) is 1. The highest BCUT2D eigenvalue weighted by molar-refractivity contribution is 5.64. The second-order valence-electron chi connectivity index (χ2n) is 4.99. The molecule has 0 radical (unpaired) electrons. The fourth-order valence-electron chi connectivity index (χ4n) is 2.18. The summed E-state index contributed by atoms with van der Waals surface area (Å²) in [5.74, 6) is 7.03. The molecule has 0 heterocycles. The van der Waals surface area contributed by atoms with E-state index in [2.05, 4.69) is 17.2 Å². The lowest BCUT2D eigenvalue weighted by Crippen LogP contribution is -2.22. The van der Waals surface area contributed by atoms with E-state index in [1.807, 2.05) is 48.5 Å². The molecule has 2 rings (SSSR count). The van der Waals surface area contributed by atoms with E-state index in [1.54, 1.807) is 7.11 Å². The van der Waals surface area contributed by atoms with Gasteiger partial charge < -0.3 is 15.2 Å². The van der Waals surface area contributed by atoms with Crippen LogP contribution in [0.15, 0.2) is 48.5 Å². The van der Waals surface area contributed by atoms with E-state index in [0.717, 1.165) is 35.3 Å². The number of para-hydroxylation sites is 1. The van der Waals surface area contributed by atoms with Crippen molar-refractivity contribution in [1.82, 2.24) is 5.32 Å². The van der Waals surface area contributed by atoms with Crippen molar-refractivity contribution in [3.8, 4) is 17.6 Å². The predicted molar refractivity (Wildman–Crippen MR) is 89.8 cm³/mol. The van der Waals surface area contributed by atoms with E-state index in [4.69, 9.17) is 9.84 Å². The van der Waals surface area contributed by atoms with Crippen molar-refractivity contribution in [2.45, 2.75) is 12.8 Å². The minimum atomic E-state index is -0.985. The maximum Gasteiger partial charge on any atom is 0.404 e. The Hall–Kier alpha value is -2.93. The van der Waals surface area contributed by atoms with Crippen molar-refractivity contribution >= 4 is 6.09 Å². The monoisotopic (exact) mass is 309 g/mol. The van der Waals surface area contributed by atoms with Crippen LogP contribution < -0.4 is 10.1 Å². The molecular formula is C19H19NO3. The Morgan fingerprint density at radius 1 is 1.17 bits per heavy atom. The molecule has 0 aromatic heterocycles. The highest BCUT2D eigenvalue weighted by Crippen LogP contribution is 2.16. The van der Waals surface area contributed by atoms with Crippen molar-refractivity contribution < 1.29 is 14.6 Å². The minimum absolute atomic E-state index is 0.451. The van der Waals surface area contributed by atoms with Gasteiger partial charge in [-0.3, -0.25) is 0 Å². The molecule has 0 aliphatic carbocycles. The summed E-state index contributed by atoms with van der Waals surface area (Å²) < 4.78 is 5.28. The van der Waals surface area contributed by atoms with Gasteiger partial charge in [-0.25, -0.2) is 4.79 Å². The van der Waals surface area contributed by atoms with Gasteiger partial charge in [0.25, 0.3) is 0 Å². The Kier molecular flexibility index (Phi) is 6.07. The van der Waals surface area contributed by atoms with Gasteiger partial charge in [0.05, 0.1) is 12.7 Å². The third-order valence-corrected chi connectivity index (χ3v) is 3.29. The average Bonchev–Trinajstić information content (AvgIpc) is 2.57. The van der Waals surface area contributed by atoms with Crippen LogP contribution in [-0.2, 0) is 6.42 Å².